The minimum atomic E-state index is -3.14. The molecule has 180 valence electrons. The molecule has 0 aliphatic carbocycles. The summed E-state index contributed by atoms with van der Waals surface area (Å²) < 4.78 is 30.2. The maximum absolute atomic E-state index is 12.9. The molecule has 3 aromatic rings. The fraction of sp³-hybridized carbons (Fsp3) is 0.174. The number of rotatable bonds is 4. The van der Waals surface area contributed by atoms with Crippen LogP contribution in [0.15, 0.2) is 47.4 Å². The highest BCUT2D eigenvalue weighted by molar-refractivity contribution is 8.26. The summed E-state index contributed by atoms with van der Waals surface area (Å²) in [5.41, 5.74) is 0.705. The second-order valence-electron chi connectivity index (χ2n) is 7.93. The zero-order valence-electron chi connectivity index (χ0n) is 17.7. The molecule has 0 spiro atoms. The van der Waals surface area contributed by atoms with Gasteiger partial charge in [0.25, 0.3) is 5.91 Å². The first kappa shape index (κ1) is 24.7. The van der Waals surface area contributed by atoms with Gasteiger partial charge in [0.1, 0.15) is 14.9 Å². The number of thiophene rings is 1. The van der Waals surface area contributed by atoms with Crippen LogP contribution in [0, 0.1) is 0 Å². The van der Waals surface area contributed by atoms with Gasteiger partial charge in [0.05, 0.1) is 32.5 Å². The van der Waals surface area contributed by atoms with Gasteiger partial charge < -0.3 is 4.74 Å². The highest BCUT2D eigenvalue weighted by Gasteiger charge is 2.42. The highest BCUT2D eigenvalue weighted by Crippen LogP contribution is 2.40. The minimum absolute atomic E-state index is 0.0632. The second kappa shape index (κ2) is 9.49. The van der Waals surface area contributed by atoms with Crippen molar-refractivity contribution in [3.05, 3.63) is 67.9 Å². The fourth-order valence-electron chi connectivity index (χ4n) is 3.91. The van der Waals surface area contributed by atoms with Crippen molar-refractivity contribution >= 4 is 101 Å². The molecule has 0 radical (unpaired) electrons. The number of esters is 1. The summed E-state index contributed by atoms with van der Waals surface area (Å²) in [5, 5.41) is 1.34. The Morgan fingerprint density at radius 1 is 1.17 bits per heavy atom. The molecular formula is C23H15Cl2NO5S4. The Hall–Kier alpha value is -1.95. The maximum atomic E-state index is 12.9. The summed E-state index contributed by atoms with van der Waals surface area (Å²) in [6.45, 7) is 0. The number of carbonyl (C=O) groups excluding carboxylic acids is 2. The number of nitrogens with zero attached hydrogens (tertiary/aromatic N) is 1. The molecule has 0 N–H and O–H groups in total. The standard InChI is InChI=1S/C23H15Cl2NO5S4/c24-15-2-1-3-16-18(15)19(25)20(33-16)22(28)31-14-6-4-12(5-7-14)10-17-21(27)26(23(32)34-17)13-8-9-35(29,30)11-13/h1-7,10,13H,8-9,11H2/b17-10-. The van der Waals surface area contributed by atoms with Gasteiger partial charge in [-0.1, -0.05) is 65.4 Å². The minimum Gasteiger partial charge on any atom is -0.422 e. The van der Waals surface area contributed by atoms with Crippen LogP contribution in [0.25, 0.3) is 16.2 Å². The molecule has 2 aliphatic heterocycles. The highest BCUT2D eigenvalue weighted by atomic mass is 35.5. The van der Waals surface area contributed by atoms with E-state index in [0.717, 1.165) is 16.5 Å². The first-order valence-corrected chi connectivity index (χ1v) is 14.9. The molecule has 2 aliphatic rings. The fourth-order valence-corrected chi connectivity index (χ4v) is 8.84. The first-order chi connectivity index (χ1) is 16.6. The van der Waals surface area contributed by atoms with E-state index in [-0.39, 0.29) is 27.3 Å². The molecule has 0 saturated carbocycles. The van der Waals surface area contributed by atoms with Gasteiger partial charge in [-0.05, 0) is 42.3 Å². The lowest BCUT2D eigenvalue weighted by molar-refractivity contribution is -0.123. The Kier molecular flexibility index (Phi) is 6.71. The third kappa shape index (κ3) is 4.87. The molecule has 1 aromatic heterocycles. The second-order valence-corrected chi connectivity index (χ2v) is 13.7. The number of thioether (sulfide) groups is 1. The van der Waals surface area contributed by atoms with Gasteiger partial charge in [-0.25, -0.2) is 13.2 Å². The van der Waals surface area contributed by atoms with Crippen molar-refractivity contribution in [3.8, 4) is 5.75 Å². The molecule has 3 heterocycles. The van der Waals surface area contributed by atoms with Crippen molar-refractivity contribution in [2.45, 2.75) is 12.5 Å². The van der Waals surface area contributed by atoms with Gasteiger partial charge in [-0.2, -0.15) is 0 Å². The van der Waals surface area contributed by atoms with Crippen LogP contribution in [0.2, 0.25) is 10.0 Å². The maximum Gasteiger partial charge on any atom is 0.355 e. The molecule has 1 atom stereocenters. The average Bonchev–Trinajstić information content (AvgIpc) is 3.42. The predicted octanol–water partition coefficient (Wildman–Crippen LogP) is 5.82. The zero-order valence-corrected chi connectivity index (χ0v) is 22.5. The summed E-state index contributed by atoms with van der Waals surface area (Å²) in [5.74, 6) is -0.574. The van der Waals surface area contributed by atoms with E-state index in [0.29, 0.717) is 37.4 Å². The van der Waals surface area contributed by atoms with Gasteiger partial charge >= 0.3 is 5.97 Å². The third-order valence-corrected chi connectivity index (χ3v) is 10.6. The number of fused-ring (bicyclic) bond motifs is 1. The van der Waals surface area contributed by atoms with Gasteiger partial charge in [-0.3, -0.25) is 9.69 Å². The number of benzene rings is 2. The number of amides is 1. The number of thiocarbonyl (C=S) groups is 1. The summed E-state index contributed by atoms with van der Waals surface area (Å²) in [6.07, 6.45) is 2.07. The largest absolute Gasteiger partial charge is 0.422 e. The van der Waals surface area contributed by atoms with E-state index in [1.54, 1.807) is 42.5 Å². The topological polar surface area (TPSA) is 80.8 Å². The monoisotopic (exact) mass is 583 g/mol. The van der Waals surface area contributed by atoms with E-state index in [2.05, 4.69) is 0 Å². The Bertz CT molecular complexity index is 1530. The van der Waals surface area contributed by atoms with Crippen molar-refractivity contribution in [1.29, 1.82) is 0 Å². The van der Waals surface area contributed by atoms with Crippen LogP contribution in [0.4, 0.5) is 0 Å². The zero-order chi connectivity index (χ0) is 24.9. The number of carbonyl (C=O) groups is 2. The van der Waals surface area contributed by atoms with Crippen LogP contribution in [-0.4, -0.2) is 47.1 Å². The Morgan fingerprint density at radius 3 is 2.57 bits per heavy atom. The lowest BCUT2D eigenvalue weighted by Gasteiger charge is -2.20. The normalized spacial score (nSPS) is 20.8. The first-order valence-electron chi connectivity index (χ1n) is 10.3. The van der Waals surface area contributed by atoms with Crippen LogP contribution >= 0.6 is 58.5 Å². The number of hydrogen-bond acceptors (Lipinski definition) is 8. The van der Waals surface area contributed by atoms with E-state index in [1.807, 2.05) is 6.07 Å². The molecule has 2 aromatic carbocycles. The molecule has 2 fully saturated rings. The summed E-state index contributed by atoms with van der Waals surface area (Å²) in [6, 6.07) is 11.5. The van der Waals surface area contributed by atoms with Crippen molar-refractivity contribution < 1.29 is 22.7 Å². The van der Waals surface area contributed by atoms with Crippen LogP contribution in [0.3, 0.4) is 0 Å². The molecule has 5 rings (SSSR count). The summed E-state index contributed by atoms with van der Waals surface area (Å²) in [4.78, 5) is 27.7. The van der Waals surface area contributed by atoms with E-state index >= 15 is 0 Å². The van der Waals surface area contributed by atoms with E-state index < -0.39 is 21.8 Å². The average molecular weight is 585 g/mol. The van der Waals surface area contributed by atoms with Crippen LogP contribution in [0.1, 0.15) is 21.7 Å². The van der Waals surface area contributed by atoms with Gasteiger partial charge in [0.2, 0.25) is 0 Å². The lowest BCUT2D eigenvalue weighted by atomic mass is 10.2. The Balaban J connectivity index is 1.30. The van der Waals surface area contributed by atoms with Crippen molar-refractivity contribution in [1.82, 2.24) is 4.90 Å². The van der Waals surface area contributed by atoms with Crippen LogP contribution in [-0.2, 0) is 14.6 Å². The molecule has 1 amide bonds. The van der Waals surface area contributed by atoms with Crippen molar-refractivity contribution in [2.24, 2.45) is 0 Å². The van der Waals surface area contributed by atoms with E-state index in [1.165, 1.54) is 16.2 Å². The molecule has 35 heavy (non-hydrogen) atoms. The van der Waals surface area contributed by atoms with Crippen LogP contribution in [0.5, 0.6) is 5.75 Å². The molecule has 12 heteroatoms. The molecule has 6 nitrogen and oxygen atoms in total. The molecule has 0 bridgehead atoms. The van der Waals surface area contributed by atoms with E-state index in [4.69, 9.17) is 40.2 Å². The summed E-state index contributed by atoms with van der Waals surface area (Å²) in [7, 11) is -3.14. The van der Waals surface area contributed by atoms with Crippen LogP contribution < -0.4 is 4.74 Å². The molecule has 2 saturated heterocycles. The molecular weight excluding hydrogens is 569 g/mol. The SMILES string of the molecule is O=C(Oc1ccc(/C=C2\SC(=S)N(C3CCS(=O)(=O)C3)C2=O)cc1)c1sc2cccc(Cl)c2c1Cl. The molecule has 1 unspecified atom stereocenters. The van der Waals surface area contributed by atoms with E-state index in [9.17, 15) is 18.0 Å². The number of hydrogen-bond donors (Lipinski definition) is 0. The quantitative estimate of drug-likeness (QED) is 0.166. The lowest BCUT2D eigenvalue weighted by Crippen LogP contribution is -2.39. The third-order valence-electron chi connectivity index (χ3n) is 5.58. The van der Waals surface area contributed by atoms with Gasteiger partial charge in [0, 0.05) is 10.1 Å². The smallest absolute Gasteiger partial charge is 0.355 e. The van der Waals surface area contributed by atoms with Gasteiger partial charge in [-0.15, -0.1) is 11.3 Å². The predicted molar refractivity (Wildman–Crippen MR) is 145 cm³/mol. The Labute approximate surface area is 224 Å². The van der Waals surface area contributed by atoms with Gasteiger partial charge in [0.15, 0.2) is 9.84 Å². The van der Waals surface area contributed by atoms with Crippen molar-refractivity contribution in [2.75, 3.05) is 11.5 Å². The summed E-state index contributed by atoms with van der Waals surface area (Å²) >= 11 is 20.3. The Morgan fingerprint density at radius 2 is 1.91 bits per heavy atom. The number of ether oxygens (including phenoxy) is 1. The number of sulfone groups is 1. The number of halogens is 2. The van der Waals surface area contributed by atoms with Crippen molar-refractivity contribution in [3.63, 3.8) is 0 Å².